The van der Waals surface area contributed by atoms with Crippen molar-refractivity contribution in [3.05, 3.63) is 88.6 Å². The topological polar surface area (TPSA) is 49.8 Å². The molecule has 0 aliphatic heterocycles. The Hall–Kier alpha value is -3.42. The molecular formula is C23H16N2OS. The minimum Gasteiger partial charge on any atom is -0.462 e. The zero-order valence-corrected chi connectivity index (χ0v) is 15.5. The summed E-state index contributed by atoms with van der Waals surface area (Å²) < 4.78 is 5.53. The number of benzene rings is 2. The second-order valence-corrected chi connectivity index (χ2v) is 6.96. The minimum atomic E-state index is 0.501. The first-order valence-corrected chi connectivity index (χ1v) is 9.41. The SMILES string of the molecule is Cc1ccc(/C=C(\C#N)c2nc(-c3ccc(-c4ccccc4)cc3)cs2)o1. The number of hydrogen-bond donors (Lipinski definition) is 0. The predicted molar refractivity (Wildman–Crippen MR) is 110 cm³/mol. The van der Waals surface area contributed by atoms with Crippen LogP contribution >= 0.6 is 11.3 Å². The quantitative estimate of drug-likeness (QED) is 0.389. The van der Waals surface area contributed by atoms with Crippen LogP contribution in [0, 0.1) is 18.3 Å². The zero-order chi connectivity index (χ0) is 18.6. The largest absolute Gasteiger partial charge is 0.462 e. The van der Waals surface area contributed by atoms with Crippen molar-refractivity contribution in [2.24, 2.45) is 0 Å². The van der Waals surface area contributed by atoms with Crippen molar-refractivity contribution in [2.45, 2.75) is 6.92 Å². The second-order valence-electron chi connectivity index (χ2n) is 6.10. The van der Waals surface area contributed by atoms with Gasteiger partial charge in [0.25, 0.3) is 0 Å². The van der Waals surface area contributed by atoms with Gasteiger partial charge in [0.15, 0.2) is 0 Å². The molecule has 0 unspecified atom stereocenters. The average molecular weight is 368 g/mol. The number of rotatable bonds is 4. The van der Waals surface area contributed by atoms with Crippen LogP contribution in [0.4, 0.5) is 0 Å². The van der Waals surface area contributed by atoms with Crippen LogP contribution < -0.4 is 0 Å². The number of nitrogens with zero attached hydrogens (tertiary/aromatic N) is 2. The third-order valence-corrected chi connectivity index (χ3v) is 5.07. The Morgan fingerprint density at radius 3 is 2.33 bits per heavy atom. The van der Waals surface area contributed by atoms with Crippen LogP contribution in [0.2, 0.25) is 0 Å². The average Bonchev–Trinajstić information content (AvgIpc) is 3.36. The van der Waals surface area contributed by atoms with Crippen molar-refractivity contribution >= 4 is 23.0 Å². The van der Waals surface area contributed by atoms with E-state index in [0.29, 0.717) is 16.3 Å². The van der Waals surface area contributed by atoms with E-state index in [0.717, 1.165) is 17.0 Å². The molecule has 0 fully saturated rings. The lowest BCUT2D eigenvalue weighted by Crippen LogP contribution is -1.83. The molecule has 4 heteroatoms. The summed E-state index contributed by atoms with van der Waals surface area (Å²) in [5, 5.41) is 12.2. The number of hydrogen-bond acceptors (Lipinski definition) is 4. The summed E-state index contributed by atoms with van der Waals surface area (Å²) in [5.74, 6) is 1.48. The van der Waals surface area contributed by atoms with Gasteiger partial charge in [-0.15, -0.1) is 11.3 Å². The van der Waals surface area contributed by atoms with Gasteiger partial charge in [-0.2, -0.15) is 5.26 Å². The molecule has 2 heterocycles. The van der Waals surface area contributed by atoms with Gasteiger partial charge in [-0.1, -0.05) is 54.6 Å². The summed E-state index contributed by atoms with van der Waals surface area (Å²) in [4.78, 5) is 4.64. The molecule has 3 nitrogen and oxygen atoms in total. The van der Waals surface area contributed by atoms with Gasteiger partial charge in [0.05, 0.1) is 11.3 Å². The fourth-order valence-electron chi connectivity index (χ4n) is 2.81. The number of furan rings is 1. The fourth-order valence-corrected chi connectivity index (χ4v) is 3.60. The summed E-state index contributed by atoms with van der Waals surface area (Å²) in [6.45, 7) is 1.88. The van der Waals surface area contributed by atoms with E-state index in [9.17, 15) is 5.26 Å². The molecule has 4 aromatic rings. The van der Waals surface area contributed by atoms with Crippen molar-refractivity contribution in [1.29, 1.82) is 5.26 Å². The molecule has 2 aromatic heterocycles. The monoisotopic (exact) mass is 368 g/mol. The van der Waals surface area contributed by atoms with Gasteiger partial charge in [-0.25, -0.2) is 4.98 Å². The van der Waals surface area contributed by atoms with E-state index in [1.807, 2.05) is 42.6 Å². The van der Waals surface area contributed by atoms with E-state index in [-0.39, 0.29) is 0 Å². The first-order chi connectivity index (χ1) is 13.2. The Morgan fingerprint density at radius 1 is 0.963 bits per heavy atom. The van der Waals surface area contributed by atoms with E-state index in [1.54, 1.807) is 6.08 Å². The molecule has 0 saturated heterocycles. The summed E-state index contributed by atoms with van der Waals surface area (Å²) in [6.07, 6.45) is 1.73. The third kappa shape index (κ3) is 3.74. The molecule has 0 bridgehead atoms. The van der Waals surface area contributed by atoms with Gasteiger partial charge in [0.1, 0.15) is 22.6 Å². The van der Waals surface area contributed by atoms with Gasteiger partial charge in [-0.3, -0.25) is 0 Å². The molecule has 0 amide bonds. The Morgan fingerprint density at radius 2 is 1.67 bits per heavy atom. The van der Waals surface area contributed by atoms with Crippen LogP contribution in [0.1, 0.15) is 16.5 Å². The Balaban J connectivity index is 1.60. The molecule has 0 aliphatic rings. The molecule has 0 aliphatic carbocycles. The highest BCUT2D eigenvalue weighted by atomic mass is 32.1. The van der Waals surface area contributed by atoms with Crippen molar-refractivity contribution in [3.63, 3.8) is 0 Å². The summed E-state index contributed by atoms with van der Waals surface area (Å²) >= 11 is 1.46. The van der Waals surface area contributed by atoms with Crippen molar-refractivity contribution in [1.82, 2.24) is 4.98 Å². The third-order valence-electron chi connectivity index (χ3n) is 4.19. The molecule has 0 atom stereocenters. The molecule has 0 spiro atoms. The maximum absolute atomic E-state index is 9.50. The van der Waals surface area contributed by atoms with Gasteiger partial charge < -0.3 is 4.42 Å². The lowest BCUT2D eigenvalue weighted by molar-refractivity contribution is 0.525. The smallest absolute Gasteiger partial charge is 0.134 e. The zero-order valence-electron chi connectivity index (χ0n) is 14.7. The van der Waals surface area contributed by atoms with Crippen LogP contribution in [-0.4, -0.2) is 4.98 Å². The maximum Gasteiger partial charge on any atom is 0.134 e. The molecule has 2 aromatic carbocycles. The lowest BCUT2D eigenvalue weighted by Gasteiger charge is -2.02. The predicted octanol–water partition coefficient (Wildman–Crippen LogP) is 6.44. The van der Waals surface area contributed by atoms with Crippen LogP contribution in [0.25, 0.3) is 34.0 Å². The number of thiazole rings is 1. The first kappa shape index (κ1) is 17.0. The van der Waals surface area contributed by atoms with Gasteiger partial charge in [0.2, 0.25) is 0 Å². The van der Waals surface area contributed by atoms with E-state index in [2.05, 4.69) is 47.5 Å². The van der Waals surface area contributed by atoms with E-state index >= 15 is 0 Å². The van der Waals surface area contributed by atoms with Crippen LogP contribution in [0.15, 0.2) is 76.5 Å². The highest BCUT2D eigenvalue weighted by Crippen LogP contribution is 2.29. The number of allylic oxidation sites excluding steroid dienone is 1. The lowest BCUT2D eigenvalue weighted by atomic mass is 10.0. The van der Waals surface area contributed by atoms with Crippen molar-refractivity contribution < 1.29 is 4.42 Å². The summed E-state index contributed by atoms with van der Waals surface area (Å²) in [7, 11) is 0. The highest BCUT2D eigenvalue weighted by Gasteiger charge is 2.10. The molecule has 0 N–H and O–H groups in total. The maximum atomic E-state index is 9.50. The minimum absolute atomic E-state index is 0.501. The molecule has 27 heavy (non-hydrogen) atoms. The number of aryl methyl sites for hydroxylation is 1. The van der Waals surface area contributed by atoms with E-state index < -0.39 is 0 Å². The van der Waals surface area contributed by atoms with Crippen LogP contribution in [-0.2, 0) is 0 Å². The normalized spacial score (nSPS) is 11.3. The Labute approximate surface area is 161 Å². The van der Waals surface area contributed by atoms with Crippen molar-refractivity contribution in [2.75, 3.05) is 0 Å². The molecular weight excluding hydrogens is 352 g/mol. The van der Waals surface area contributed by atoms with Gasteiger partial charge in [-0.05, 0) is 30.2 Å². The number of nitriles is 1. The molecule has 0 saturated carbocycles. The number of aromatic nitrogens is 1. The van der Waals surface area contributed by atoms with Crippen molar-refractivity contribution in [3.8, 4) is 28.5 Å². The van der Waals surface area contributed by atoms with Crippen LogP contribution in [0.5, 0.6) is 0 Å². The summed E-state index contributed by atoms with van der Waals surface area (Å²) in [5.41, 5.74) is 4.75. The Bertz CT molecular complexity index is 1130. The fraction of sp³-hybridized carbons (Fsp3) is 0.0435. The Kier molecular flexibility index (Phi) is 4.69. The highest BCUT2D eigenvalue weighted by molar-refractivity contribution is 7.11. The standard InChI is InChI=1S/C23H16N2OS/c1-16-7-12-21(26-16)13-20(14-24)23-25-22(15-27-23)19-10-8-18(9-11-19)17-5-3-2-4-6-17/h2-13,15H,1H3/b20-13+. The first-order valence-electron chi connectivity index (χ1n) is 8.53. The summed E-state index contributed by atoms with van der Waals surface area (Å²) in [6, 6.07) is 24.5. The van der Waals surface area contributed by atoms with E-state index in [4.69, 9.17) is 4.42 Å². The van der Waals surface area contributed by atoms with E-state index in [1.165, 1.54) is 22.5 Å². The molecule has 4 rings (SSSR count). The van der Waals surface area contributed by atoms with Crippen LogP contribution in [0.3, 0.4) is 0 Å². The molecule has 0 radical (unpaired) electrons. The van der Waals surface area contributed by atoms with Gasteiger partial charge in [0, 0.05) is 17.0 Å². The molecule has 130 valence electrons. The second kappa shape index (κ2) is 7.45. The van der Waals surface area contributed by atoms with Gasteiger partial charge >= 0.3 is 0 Å².